The Morgan fingerprint density at radius 1 is 0.960 bits per heavy atom. The van der Waals surface area contributed by atoms with Crippen LogP contribution in [0.1, 0.15) is 44.7 Å². The third-order valence-electron chi connectivity index (χ3n) is 10.3. The van der Waals surface area contributed by atoms with Crippen LogP contribution in [0, 0.1) is 12.3 Å². The highest BCUT2D eigenvalue weighted by Crippen LogP contribution is 2.45. The van der Waals surface area contributed by atoms with Crippen molar-refractivity contribution in [2.24, 2.45) is 5.41 Å². The van der Waals surface area contributed by atoms with Gasteiger partial charge in [-0.2, -0.15) is 0 Å². The first-order chi connectivity index (χ1) is 24.4. The average molecular weight is 681 g/mol. The Balaban J connectivity index is 0.927. The summed E-state index contributed by atoms with van der Waals surface area (Å²) in [4.78, 5) is 43.6. The number of para-hydroxylation sites is 1. The Bertz CT molecular complexity index is 2230. The van der Waals surface area contributed by atoms with Gasteiger partial charge >= 0.3 is 0 Å². The molecular weight excluding hydrogens is 645 g/mol. The van der Waals surface area contributed by atoms with Gasteiger partial charge in [0.25, 0.3) is 11.8 Å². The number of hydrogen-bond donors (Lipinski definition) is 1. The highest BCUT2D eigenvalue weighted by Gasteiger charge is 2.45. The molecule has 1 spiro atoms. The number of thiophene rings is 1. The molecule has 10 heteroatoms. The van der Waals surface area contributed by atoms with E-state index in [-0.39, 0.29) is 17.2 Å². The van der Waals surface area contributed by atoms with Gasteiger partial charge in [0.15, 0.2) is 0 Å². The summed E-state index contributed by atoms with van der Waals surface area (Å²) in [5, 5.41) is 3.05. The van der Waals surface area contributed by atoms with E-state index in [1.807, 2.05) is 71.1 Å². The molecule has 2 fully saturated rings. The van der Waals surface area contributed by atoms with Crippen molar-refractivity contribution in [3.8, 4) is 21.0 Å². The molecule has 2 aromatic carbocycles. The van der Waals surface area contributed by atoms with E-state index in [0.717, 1.165) is 84.4 Å². The topological polar surface area (TPSA) is 92.1 Å². The molecule has 250 valence electrons. The average Bonchev–Trinajstić information content (AvgIpc) is 3.73. The van der Waals surface area contributed by atoms with Crippen LogP contribution in [0.15, 0.2) is 97.5 Å². The maximum atomic E-state index is 14.1. The number of aromatic nitrogens is 3. The van der Waals surface area contributed by atoms with Crippen molar-refractivity contribution in [2.45, 2.75) is 26.2 Å². The van der Waals surface area contributed by atoms with Crippen LogP contribution >= 0.6 is 11.3 Å². The summed E-state index contributed by atoms with van der Waals surface area (Å²) >= 11 is 1.72. The van der Waals surface area contributed by atoms with E-state index in [9.17, 15) is 9.59 Å². The molecule has 0 unspecified atom stereocenters. The number of aryl methyl sites for hydroxylation is 1. The molecular formula is C40H36N6O3S. The molecule has 7 heterocycles. The van der Waals surface area contributed by atoms with Crippen LogP contribution in [0.3, 0.4) is 0 Å². The van der Waals surface area contributed by atoms with Crippen molar-refractivity contribution in [3.63, 3.8) is 0 Å². The zero-order valence-corrected chi connectivity index (χ0v) is 28.6. The minimum absolute atomic E-state index is 0.0731. The Kier molecular flexibility index (Phi) is 7.51. The second-order valence-corrected chi connectivity index (χ2v) is 14.7. The summed E-state index contributed by atoms with van der Waals surface area (Å²) in [6.07, 6.45) is 8.72. The van der Waals surface area contributed by atoms with E-state index >= 15 is 0 Å². The number of benzene rings is 2. The highest BCUT2D eigenvalue weighted by molar-refractivity contribution is 7.19. The molecule has 0 aliphatic carbocycles. The van der Waals surface area contributed by atoms with Crippen LogP contribution in [0.5, 0.6) is 0 Å². The normalized spacial score (nSPS) is 16.4. The lowest BCUT2D eigenvalue weighted by Gasteiger charge is -2.53. The number of carbonyl (C=O) groups excluding carboxylic acids is 2. The lowest BCUT2D eigenvalue weighted by molar-refractivity contribution is -0.000510. The maximum absolute atomic E-state index is 14.1. The first-order valence-corrected chi connectivity index (χ1v) is 17.9. The van der Waals surface area contributed by atoms with Gasteiger partial charge in [0, 0.05) is 78.5 Å². The second kappa shape index (κ2) is 12.2. The molecule has 50 heavy (non-hydrogen) atoms. The fourth-order valence-electron chi connectivity index (χ4n) is 7.55. The van der Waals surface area contributed by atoms with Crippen molar-refractivity contribution < 1.29 is 14.3 Å². The molecule has 0 radical (unpaired) electrons. The predicted octanol–water partition coefficient (Wildman–Crippen LogP) is 7.51. The standard InChI is InChI=1S/C40H36N6O3S/c1-26-20-31(37(41-22-26)45-24-40(25-45)14-18-49-19-15-40)38(47)42-29-11-9-27(10-12-29)39(48)46-17-13-28-21-34(32-23-44-16-5-4-8-35(44)43-32)50-36(28)30-6-2-3-7-33(30)46/h2-12,16,20-23H,13-15,17-19,24-25H2,1H3,(H,42,47). The number of imidazole rings is 1. The Morgan fingerprint density at radius 3 is 2.58 bits per heavy atom. The molecule has 0 bridgehead atoms. The molecule has 9 nitrogen and oxygen atoms in total. The van der Waals surface area contributed by atoms with Gasteiger partial charge in [-0.1, -0.05) is 24.3 Å². The van der Waals surface area contributed by atoms with Crippen LogP contribution in [0.4, 0.5) is 17.2 Å². The van der Waals surface area contributed by atoms with Crippen molar-refractivity contribution in [2.75, 3.05) is 48.0 Å². The number of rotatable bonds is 5. The number of anilines is 3. The van der Waals surface area contributed by atoms with Gasteiger partial charge in [0.05, 0.1) is 21.8 Å². The Morgan fingerprint density at radius 2 is 1.76 bits per heavy atom. The van der Waals surface area contributed by atoms with Gasteiger partial charge in [0.1, 0.15) is 11.5 Å². The minimum atomic E-state index is -0.209. The SMILES string of the molecule is Cc1cnc(N2CC3(CCOCC3)C2)c(C(=O)Nc2ccc(C(=O)N3CCc4cc(-c5cn6ccccc6n5)sc4-c4ccccc43)cc2)c1. The zero-order valence-electron chi connectivity index (χ0n) is 27.8. The number of nitrogens with zero attached hydrogens (tertiary/aromatic N) is 5. The minimum Gasteiger partial charge on any atom is -0.381 e. The van der Waals surface area contributed by atoms with E-state index in [4.69, 9.17) is 9.72 Å². The van der Waals surface area contributed by atoms with Crippen LogP contribution in [0.25, 0.3) is 26.7 Å². The van der Waals surface area contributed by atoms with E-state index in [1.165, 1.54) is 10.4 Å². The maximum Gasteiger partial charge on any atom is 0.259 e. The third kappa shape index (κ3) is 5.45. The highest BCUT2D eigenvalue weighted by atomic mass is 32.1. The summed E-state index contributed by atoms with van der Waals surface area (Å²) in [5.74, 6) is 0.436. The van der Waals surface area contributed by atoms with Gasteiger partial charge in [-0.05, 0) is 91.9 Å². The number of ether oxygens (including phenoxy) is 1. The largest absolute Gasteiger partial charge is 0.381 e. The van der Waals surface area contributed by atoms with Crippen LogP contribution in [-0.4, -0.2) is 59.0 Å². The van der Waals surface area contributed by atoms with Gasteiger partial charge in [-0.3, -0.25) is 9.59 Å². The van der Waals surface area contributed by atoms with Crippen LogP contribution in [-0.2, 0) is 11.2 Å². The fourth-order valence-corrected chi connectivity index (χ4v) is 8.75. The van der Waals surface area contributed by atoms with Crippen molar-refractivity contribution in [3.05, 3.63) is 120 Å². The van der Waals surface area contributed by atoms with Gasteiger partial charge in [-0.25, -0.2) is 9.97 Å². The van der Waals surface area contributed by atoms with Crippen LogP contribution < -0.4 is 15.1 Å². The second-order valence-electron chi connectivity index (χ2n) is 13.7. The predicted molar refractivity (Wildman–Crippen MR) is 197 cm³/mol. The molecule has 2 amide bonds. The van der Waals surface area contributed by atoms with E-state index in [1.54, 1.807) is 35.6 Å². The lowest BCUT2D eigenvalue weighted by atomic mass is 9.73. The molecule has 0 saturated carbocycles. The number of carbonyl (C=O) groups is 2. The molecule has 1 N–H and O–H groups in total. The molecule has 4 aromatic heterocycles. The van der Waals surface area contributed by atoms with Crippen molar-refractivity contribution >= 4 is 46.0 Å². The first-order valence-electron chi connectivity index (χ1n) is 17.1. The quantitative estimate of drug-likeness (QED) is 0.203. The fraction of sp³-hybridized carbons (Fsp3) is 0.250. The van der Waals surface area contributed by atoms with Crippen LogP contribution in [0.2, 0.25) is 0 Å². The molecule has 2 saturated heterocycles. The van der Waals surface area contributed by atoms with E-state index < -0.39 is 0 Å². The van der Waals surface area contributed by atoms with Crippen molar-refractivity contribution in [1.82, 2.24) is 14.4 Å². The lowest BCUT2D eigenvalue weighted by Crippen LogP contribution is -2.59. The number of nitrogens with one attached hydrogen (secondary N) is 1. The summed E-state index contributed by atoms with van der Waals surface area (Å²) < 4.78 is 7.62. The van der Waals surface area contributed by atoms with Gasteiger partial charge < -0.3 is 24.3 Å². The number of hydrogen-bond acceptors (Lipinski definition) is 7. The summed E-state index contributed by atoms with van der Waals surface area (Å²) in [5.41, 5.74) is 7.97. The summed E-state index contributed by atoms with van der Waals surface area (Å²) in [6.45, 7) is 5.87. The van der Waals surface area contributed by atoms with E-state index in [0.29, 0.717) is 23.4 Å². The van der Waals surface area contributed by atoms with Gasteiger partial charge in [0.2, 0.25) is 0 Å². The smallest absolute Gasteiger partial charge is 0.259 e. The number of amides is 2. The van der Waals surface area contributed by atoms with E-state index in [2.05, 4.69) is 33.5 Å². The molecule has 6 aromatic rings. The number of pyridine rings is 2. The van der Waals surface area contributed by atoms with Gasteiger partial charge in [-0.15, -0.1) is 11.3 Å². The molecule has 9 rings (SSSR count). The summed E-state index contributed by atoms with van der Waals surface area (Å²) in [6, 6.07) is 25.5. The Labute approximate surface area is 294 Å². The zero-order chi connectivity index (χ0) is 33.8. The first kappa shape index (κ1) is 30.7. The number of fused-ring (bicyclic) bond motifs is 4. The molecule has 3 aliphatic rings. The molecule has 0 atom stereocenters. The monoisotopic (exact) mass is 680 g/mol. The molecule has 3 aliphatic heterocycles. The Hall–Kier alpha value is -5.32. The third-order valence-corrected chi connectivity index (χ3v) is 11.5. The van der Waals surface area contributed by atoms with Crippen molar-refractivity contribution in [1.29, 1.82) is 0 Å². The summed E-state index contributed by atoms with van der Waals surface area (Å²) in [7, 11) is 0.